The average Bonchev–Trinajstić information content (AvgIpc) is 2.95. The zero-order valence-electron chi connectivity index (χ0n) is 11.0. The minimum Gasteiger partial charge on any atom is -0.327 e. The summed E-state index contributed by atoms with van der Waals surface area (Å²) in [6.07, 6.45) is 6.66. The summed E-state index contributed by atoms with van der Waals surface area (Å²) in [5.74, 6) is 1.28. The summed E-state index contributed by atoms with van der Waals surface area (Å²) in [6.45, 7) is 0. The van der Waals surface area contributed by atoms with Crippen molar-refractivity contribution in [3.05, 3.63) is 52.5 Å². The maximum atomic E-state index is 6.32. The number of thiazole rings is 1. The first-order valence-electron chi connectivity index (χ1n) is 7.01. The molecule has 1 saturated carbocycles. The molecule has 2 aromatic rings. The van der Waals surface area contributed by atoms with Gasteiger partial charge in [0.1, 0.15) is 0 Å². The standard InChI is InChI=1S/C16H20N2S/c17-16-7-6-13(12-4-2-1-3-5-12)8-14(16)9-15-10-18-11-19-15/h1-5,10-11,13-14,16H,6-9,17H2. The van der Waals surface area contributed by atoms with Gasteiger partial charge in [0.2, 0.25) is 0 Å². The molecule has 3 heteroatoms. The lowest BCUT2D eigenvalue weighted by Crippen LogP contribution is -2.36. The number of hydrogen-bond acceptors (Lipinski definition) is 3. The van der Waals surface area contributed by atoms with Gasteiger partial charge in [-0.25, -0.2) is 0 Å². The van der Waals surface area contributed by atoms with Crippen molar-refractivity contribution >= 4 is 11.3 Å². The second kappa shape index (κ2) is 5.85. The van der Waals surface area contributed by atoms with E-state index in [9.17, 15) is 0 Å². The lowest BCUT2D eigenvalue weighted by Gasteiger charge is -2.34. The maximum Gasteiger partial charge on any atom is 0.0794 e. The van der Waals surface area contributed by atoms with E-state index in [-0.39, 0.29) is 0 Å². The van der Waals surface area contributed by atoms with Crippen molar-refractivity contribution in [3.8, 4) is 0 Å². The van der Waals surface area contributed by atoms with Crippen molar-refractivity contribution in [1.29, 1.82) is 0 Å². The molecule has 3 unspecified atom stereocenters. The fourth-order valence-corrected chi connectivity index (χ4v) is 3.84. The van der Waals surface area contributed by atoms with Crippen molar-refractivity contribution in [3.63, 3.8) is 0 Å². The Kier molecular flexibility index (Phi) is 3.95. The van der Waals surface area contributed by atoms with Gasteiger partial charge in [-0.1, -0.05) is 30.3 Å². The van der Waals surface area contributed by atoms with Gasteiger partial charge >= 0.3 is 0 Å². The Morgan fingerprint density at radius 1 is 1.21 bits per heavy atom. The van der Waals surface area contributed by atoms with Crippen LogP contribution in [-0.4, -0.2) is 11.0 Å². The average molecular weight is 272 g/mol. The van der Waals surface area contributed by atoms with Crippen LogP contribution in [0.25, 0.3) is 0 Å². The Morgan fingerprint density at radius 2 is 2.05 bits per heavy atom. The lowest BCUT2D eigenvalue weighted by molar-refractivity contribution is 0.278. The Hall–Kier alpha value is -1.19. The number of nitrogens with zero attached hydrogens (tertiary/aromatic N) is 1. The van der Waals surface area contributed by atoms with Gasteiger partial charge in [0.05, 0.1) is 5.51 Å². The van der Waals surface area contributed by atoms with Gasteiger partial charge in [-0.3, -0.25) is 4.98 Å². The third-order valence-corrected chi connectivity index (χ3v) is 5.06. The van der Waals surface area contributed by atoms with Crippen molar-refractivity contribution in [2.45, 2.75) is 37.6 Å². The quantitative estimate of drug-likeness (QED) is 0.927. The second-order valence-electron chi connectivity index (χ2n) is 5.52. The second-order valence-corrected chi connectivity index (χ2v) is 6.49. The molecule has 1 fully saturated rings. The maximum absolute atomic E-state index is 6.32. The number of hydrogen-bond donors (Lipinski definition) is 1. The van der Waals surface area contributed by atoms with Crippen LogP contribution in [-0.2, 0) is 6.42 Å². The molecule has 0 saturated heterocycles. The van der Waals surface area contributed by atoms with Crippen LogP contribution < -0.4 is 5.73 Å². The highest BCUT2D eigenvalue weighted by molar-refractivity contribution is 7.09. The van der Waals surface area contributed by atoms with Crippen LogP contribution >= 0.6 is 11.3 Å². The van der Waals surface area contributed by atoms with E-state index in [0.717, 1.165) is 12.8 Å². The van der Waals surface area contributed by atoms with Gasteiger partial charge in [0.25, 0.3) is 0 Å². The van der Waals surface area contributed by atoms with Gasteiger partial charge in [0, 0.05) is 17.1 Å². The van der Waals surface area contributed by atoms with E-state index in [4.69, 9.17) is 5.73 Å². The zero-order valence-corrected chi connectivity index (χ0v) is 11.9. The predicted molar refractivity (Wildman–Crippen MR) is 80.3 cm³/mol. The Morgan fingerprint density at radius 3 is 2.79 bits per heavy atom. The first kappa shape index (κ1) is 12.8. The third kappa shape index (κ3) is 3.04. The summed E-state index contributed by atoms with van der Waals surface area (Å²) in [7, 11) is 0. The van der Waals surface area contributed by atoms with Crippen molar-refractivity contribution in [2.75, 3.05) is 0 Å². The van der Waals surface area contributed by atoms with E-state index >= 15 is 0 Å². The fraction of sp³-hybridized carbons (Fsp3) is 0.438. The molecule has 3 atom stereocenters. The monoisotopic (exact) mass is 272 g/mol. The number of benzene rings is 1. The molecule has 0 amide bonds. The lowest BCUT2D eigenvalue weighted by atomic mass is 9.74. The van der Waals surface area contributed by atoms with Crippen LogP contribution in [0.3, 0.4) is 0 Å². The molecule has 0 bridgehead atoms. The first-order chi connectivity index (χ1) is 9.33. The molecular formula is C16H20N2S. The molecule has 0 radical (unpaired) electrons. The molecule has 3 rings (SSSR count). The molecule has 1 aliphatic rings. The van der Waals surface area contributed by atoms with Gasteiger partial charge in [-0.2, -0.15) is 0 Å². The number of aromatic nitrogens is 1. The number of rotatable bonds is 3. The zero-order chi connectivity index (χ0) is 13.1. The van der Waals surface area contributed by atoms with E-state index in [2.05, 4.69) is 35.3 Å². The molecule has 1 heterocycles. The van der Waals surface area contributed by atoms with E-state index < -0.39 is 0 Å². The largest absolute Gasteiger partial charge is 0.327 e. The molecule has 19 heavy (non-hydrogen) atoms. The van der Waals surface area contributed by atoms with E-state index in [1.54, 1.807) is 11.3 Å². The topological polar surface area (TPSA) is 38.9 Å². The van der Waals surface area contributed by atoms with Gasteiger partial charge < -0.3 is 5.73 Å². The highest BCUT2D eigenvalue weighted by Crippen LogP contribution is 2.37. The summed E-state index contributed by atoms with van der Waals surface area (Å²) in [6, 6.07) is 11.2. The molecule has 0 spiro atoms. The summed E-state index contributed by atoms with van der Waals surface area (Å²) in [4.78, 5) is 5.54. The van der Waals surface area contributed by atoms with Crippen molar-refractivity contribution in [1.82, 2.24) is 4.98 Å². The molecule has 1 aromatic carbocycles. The van der Waals surface area contributed by atoms with Crippen LogP contribution in [0.5, 0.6) is 0 Å². The highest BCUT2D eigenvalue weighted by atomic mass is 32.1. The van der Waals surface area contributed by atoms with E-state index in [1.807, 2.05) is 11.7 Å². The Labute approximate surface area is 118 Å². The molecular weight excluding hydrogens is 252 g/mol. The Bertz CT molecular complexity index is 495. The summed E-state index contributed by atoms with van der Waals surface area (Å²) < 4.78 is 0. The van der Waals surface area contributed by atoms with Crippen LogP contribution in [0.2, 0.25) is 0 Å². The van der Waals surface area contributed by atoms with Crippen LogP contribution in [0.15, 0.2) is 42.0 Å². The van der Waals surface area contributed by atoms with E-state index in [1.165, 1.54) is 23.3 Å². The van der Waals surface area contributed by atoms with Crippen LogP contribution in [0.4, 0.5) is 0 Å². The minimum atomic E-state index is 0.349. The van der Waals surface area contributed by atoms with Crippen LogP contribution in [0, 0.1) is 5.92 Å². The minimum absolute atomic E-state index is 0.349. The normalized spacial score (nSPS) is 27.3. The molecule has 1 aliphatic carbocycles. The van der Waals surface area contributed by atoms with E-state index in [0.29, 0.717) is 17.9 Å². The molecule has 1 aromatic heterocycles. The molecule has 2 nitrogen and oxygen atoms in total. The van der Waals surface area contributed by atoms with Gasteiger partial charge in [0.15, 0.2) is 0 Å². The summed E-state index contributed by atoms with van der Waals surface area (Å²) >= 11 is 1.75. The molecule has 0 aliphatic heterocycles. The summed E-state index contributed by atoms with van der Waals surface area (Å²) in [5, 5.41) is 0. The van der Waals surface area contributed by atoms with Crippen LogP contribution in [0.1, 0.15) is 35.6 Å². The van der Waals surface area contributed by atoms with Crippen molar-refractivity contribution < 1.29 is 0 Å². The fourth-order valence-electron chi connectivity index (χ4n) is 3.15. The highest BCUT2D eigenvalue weighted by Gasteiger charge is 2.29. The predicted octanol–water partition coefficient (Wildman–Crippen LogP) is 3.60. The first-order valence-corrected chi connectivity index (χ1v) is 7.89. The van der Waals surface area contributed by atoms with Gasteiger partial charge in [-0.15, -0.1) is 11.3 Å². The molecule has 2 N–H and O–H groups in total. The number of nitrogens with two attached hydrogens (primary N) is 1. The van der Waals surface area contributed by atoms with Crippen molar-refractivity contribution in [2.24, 2.45) is 11.7 Å². The smallest absolute Gasteiger partial charge is 0.0794 e. The third-order valence-electron chi connectivity index (χ3n) is 4.26. The SMILES string of the molecule is NC1CCC(c2ccccc2)CC1Cc1cncs1. The molecule has 100 valence electrons. The Balaban J connectivity index is 1.70. The van der Waals surface area contributed by atoms with Gasteiger partial charge in [-0.05, 0) is 43.1 Å². The summed E-state index contributed by atoms with van der Waals surface area (Å²) in [5.41, 5.74) is 9.71.